The van der Waals surface area contributed by atoms with Crippen LogP contribution < -0.4 is 10.1 Å². The lowest BCUT2D eigenvalue weighted by Crippen LogP contribution is -2.13. The number of nitrogens with zero attached hydrogens (tertiary/aromatic N) is 1. The Balaban J connectivity index is 2.30. The molecule has 116 valence electrons. The van der Waals surface area contributed by atoms with Crippen molar-refractivity contribution < 1.29 is 14.6 Å². The molecule has 0 aliphatic carbocycles. The second-order valence-electron chi connectivity index (χ2n) is 4.54. The molecule has 0 radical (unpaired) electrons. The average Bonchev–Trinajstić information content (AvgIpc) is 2.56. The summed E-state index contributed by atoms with van der Waals surface area (Å²) in [5, 5.41) is 21.6. The summed E-state index contributed by atoms with van der Waals surface area (Å²) in [6.07, 6.45) is 1.42. The number of hydrogen-bond acceptors (Lipinski definition) is 4. The molecule has 23 heavy (non-hydrogen) atoms. The summed E-state index contributed by atoms with van der Waals surface area (Å²) in [7, 11) is 1.42. The molecule has 0 saturated carbocycles. The number of nitrogens with one attached hydrogen (secondary N) is 1. The van der Waals surface area contributed by atoms with Gasteiger partial charge in [-0.2, -0.15) is 5.26 Å². The zero-order chi connectivity index (χ0) is 16.8. The molecule has 0 heterocycles. The third-order valence-electron chi connectivity index (χ3n) is 2.98. The number of ether oxygens (including phenoxy) is 1. The molecule has 0 spiro atoms. The predicted octanol–water partition coefficient (Wildman–Crippen LogP) is 3.71. The highest BCUT2D eigenvalue weighted by atomic mass is 79.9. The Hall–Kier alpha value is -2.78. The monoisotopic (exact) mass is 372 g/mol. The lowest BCUT2D eigenvalue weighted by Gasteiger charge is -2.07. The quantitative estimate of drug-likeness (QED) is 0.632. The first-order valence-corrected chi connectivity index (χ1v) is 7.39. The minimum absolute atomic E-state index is 0.0445. The van der Waals surface area contributed by atoms with Crippen LogP contribution in [-0.2, 0) is 4.79 Å². The topological polar surface area (TPSA) is 82.3 Å². The van der Waals surface area contributed by atoms with E-state index in [4.69, 9.17) is 4.74 Å². The fourth-order valence-corrected chi connectivity index (χ4v) is 2.33. The number of aromatic hydroxyl groups is 1. The summed E-state index contributed by atoms with van der Waals surface area (Å²) >= 11 is 3.20. The standard InChI is InChI=1S/C17H13BrN2O3/c1-23-15-9-11(8-14(18)16(15)21)7-12(10-19)17(22)20-13-5-3-2-4-6-13/h2-9,21H,1H3,(H,20,22)/b12-7+. The first kappa shape index (κ1) is 16.6. The highest BCUT2D eigenvalue weighted by Crippen LogP contribution is 2.35. The Kier molecular flexibility index (Phi) is 5.39. The van der Waals surface area contributed by atoms with Crippen LogP contribution in [0.25, 0.3) is 6.08 Å². The molecule has 0 aromatic heterocycles. The highest BCUT2D eigenvalue weighted by Gasteiger charge is 2.12. The lowest BCUT2D eigenvalue weighted by molar-refractivity contribution is -0.112. The molecular weight excluding hydrogens is 360 g/mol. The van der Waals surface area contributed by atoms with Crippen molar-refractivity contribution in [3.8, 4) is 17.6 Å². The number of hydrogen-bond donors (Lipinski definition) is 2. The Morgan fingerprint density at radius 2 is 2.04 bits per heavy atom. The number of benzene rings is 2. The molecule has 0 saturated heterocycles. The molecule has 1 amide bonds. The van der Waals surface area contributed by atoms with Gasteiger partial charge in [0.05, 0.1) is 11.6 Å². The molecule has 0 aliphatic heterocycles. The van der Waals surface area contributed by atoms with Crippen molar-refractivity contribution in [3.63, 3.8) is 0 Å². The van der Waals surface area contributed by atoms with E-state index in [0.29, 0.717) is 15.7 Å². The minimum atomic E-state index is -0.512. The van der Waals surface area contributed by atoms with E-state index >= 15 is 0 Å². The van der Waals surface area contributed by atoms with Crippen molar-refractivity contribution >= 4 is 33.6 Å². The van der Waals surface area contributed by atoms with Crippen LogP contribution in [0.2, 0.25) is 0 Å². The van der Waals surface area contributed by atoms with Crippen LogP contribution in [0.1, 0.15) is 5.56 Å². The largest absolute Gasteiger partial charge is 0.503 e. The van der Waals surface area contributed by atoms with Crippen molar-refractivity contribution in [3.05, 3.63) is 58.1 Å². The minimum Gasteiger partial charge on any atom is -0.503 e. The van der Waals surface area contributed by atoms with Gasteiger partial charge in [0.2, 0.25) is 0 Å². The van der Waals surface area contributed by atoms with Crippen LogP contribution >= 0.6 is 15.9 Å². The second-order valence-corrected chi connectivity index (χ2v) is 5.40. The Morgan fingerprint density at radius 3 is 2.65 bits per heavy atom. The van der Waals surface area contributed by atoms with Gasteiger partial charge in [-0.3, -0.25) is 4.79 Å². The summed E-state index contributed by atoms with van der Waals surface area (Å²) in [6, 6.07) is 13.9. The Morgan fingerprint density at radius 1 is 1.35 bits per heavy atom. The highest BCUT2D eigenvalue weighted by molar-refractivity contribution is 9.10. The van der Waals surface area contributed by atoms with Crippen LogP contribution in [0.15, 0.2) is 52.5 Å². The molecular formula is C17H13BrN2O3. The van der Waals surface area contributed by atoms with Gasteiger partial charge in [-0.05, 0) is 51.8 Å². The number of amides is 1. The van der Waals surface area contributed by atoms with Gasteiger partial charge >= 0.3 is 0 Å². The summed E-state index contributed by atoms with van der Waals surface area (Å²) < 4.78 is 5.45. The van der Waals surface area contributed by atoms with Crippen molar-refractivity contribution in [1.29, 1.82) is 5.26 Å². The zero-order valence-corrected chi connectivity index (χ0v) is 13.8. The molecule has 2 rings (SSSR count). The van der Waals surface area contributed by atoms with Crippen LogP contribution in [0.3, 0.4) is 0 Å². The maximum Gasteiger partial charge on any atom is 0.266 e. The van der Waals surface area contributed by atoms with E-state index in [-0.39, 0.29) is 17.1 Å². The van der Waals surface area contributed by atoms with E-state index < -0.39 is 5.91 Å². The summed E-state index contributed by atoms with van der Waals surface area (Å²) in [5.41, 5.74) is 1.09. The van der Waals surface area contributed by atoms with Gasteiger partial charge in [0.1, 0.15) is 11.6 Å². The molecule has 2 aromatic carbocycles. The molecule has 0 aliphatic rings. The first-order valence-electron chi connectivity index (χ1n) is 6.60. The fraction of sp³-hybridized carbons (Fsp3) is 0.0588. The van der Waals surface area contributed by atoms with Crippen LogP contribution in [0, 0.1) is 11.3 Å². The van der Waals surface area contributed by atoms with Crippen molar-refractivity contribution in [2.45, 2.75) is 0 Å². The molecule has 5 nitrogen and oxygen atoms in total. The maximum atomic E-state index is 12.2. The number of para-hydroxylation sites is 1. The van der Waals surface area contributed by atoms with Crippen LogP contribution in [0.4, 0.5) is 5.69 Å². The summed E-state index contributed by atoms with van der Waals surface area (Å²) in [6.45, 7) is 0. The number of phenols is 1. The van der Waals surface area contributed by atoms with E-state index in [0.717, 1.165) is 0 Å². The maximum absolute atomic E-state index is 12.2. The molecule has 0 fully saturated rings. The predicted molar refractivity (Wildman–Crippen MR) is 91.0 cm³/mol. The van der Waals surface area contributed by atoms with Gasteiger partial charge in [-0.25, -0.2) is 0 Å². The Bertz CT molecular complexity index is 795. The normalized spacial score (nSPS) is 10.7. The number of methoxy groups -OCH3 is 1. The van der Waals surface area contributed by atoms with Gasteiger partial charge in [0.25, 0.3) is 5.91 Å². The summed E-state index contributed by atoms with van der Waals surface area (Å²) in [4.78, 5) is 12.2. The van der Waals surface area contributed by atoms with Gasteiger partial charge in [0, 0.05) is 5.69 Å². The van der Waals surface area contributed by atoms with Crippen molar-refractivity contribution in [2.24, 2.45) is 0 Å². The molecule has 0 atom stereocenters. The second kappa shape index (κ2) is 7.47. The first-order chi connectivity index (χ1) is 11.0. The molecule has 2 aromatic rings. The number of halogens is 1. The lowest BCUT2D eigenvalue weighted by atomic mass is 10.1. The van der Waals surface area contributed by atoms with Gasteiger partial charge in [0.15, 0.2) is 11.5 Å². The van der Waals surface area contributed by atoms with Crippen molar-refractivity contribution in [1.82, 2.24) is 0 Å². The third-order valence-corrected chi connectivity index (χ3v) is 3.58. The number of phenolic OH excluding ortho intramolecular Hbond substituents is 1. The van der Waals surface area contributed by atoms with Crippen LogP contribution in [0.5, 0.6) is 11.5 Å². The SMILES string of the molecule is COc1cc(/C=C(\C#N)C(=O)Nc2ccccc2)cc(Br)c1O. The number of rotatable bonds is 4. The average molecular weight is 373 g/mol. The van der Waals surface area contributed by atoms with E-state index in [1.165, 1.54) is 19.3 Å². The van der Waals surface area contributed by atoms with E-state index in [1.807, 2.05) is 12.1 Å². The fourth-order valence-electron chi connectivity index (χ4n) is 1.87. The van der Waals surface area contributed by atoms with E-state index in [2.05, 4.69) is 21.2 Å². The Labute approximate surface area is 142 Å². The zero-order valence-electron chi connectivity index (χ0n) is 12.2. The number of anilines is 1. The van der Waals surface area contributed by atoms with Crippen molar-refractivity contribution in [2.75, 3.05) is 12.4 Å². The van der Waals surface area contributed by atoms with E-state index in [1.54, 1.807) is 30.3 Å². The molecule has 2 N–H and O–H groups in total. The molecule has 6 heteroatoms. The molecule has 0 bridgehead atoms. The van der Waals surface area contributed by atoms with Gasteiger partial charge in [-0.1, -0.05) is 18.2 Å². The third kappa shape index (κ3) is 4.11. The number of carbonyl (C=O) groups excluding carboxylic acids is 1. The number of nitriles is 1. The number of carbonyl (C=O) groups is 1. The van der Waals surface area contributed by atoms with Crippen LogP contribution in [-0.4, -0.2) is 18.1 Å². The molecule has 0 unspecified atom stereocenters. The van der Waals surface area contributed by atoms with E-state index in [9.17, 15) is 15.2 Å². The smallest absolute Gasteiger partial charge is 0.266 e. The van der Waals surface area contributed by atoms with Gasteiger partial charge in [-0.15, -0.1) is 0 Å². The summed E-state index contributed by atoms with van der Waals surface area (Å²) in [5.74, 6) is -0.315. The van der Waals surface area contributed by atoms with Gasteiger partial charge < -0.3 is 15.2 Å².